The highest BCUT2D eigenvalue weighted by Crippen LogP contribution is 2.36. The summed E-state index contributed by atoms with van der Waals surface area (Å²) in [5.74, 6) is -0.402. The maximum Gasteiger partial charge on any atom is 0.303 e. The van der Waals surface area contributed by atoms with Gasteiger partial charge in [0.15, 0.2) is 0 Å². The summed E-state index contributed by atoms with van der Waals surface area (Å²) in [5.41, 5.74) is 2.01. The van der Waals surface area contributed by atoms with Crippen LogP contribution in [0.4, 0.5) is 0 Å². The van der Waals surface area contributed by atoms with Crippen molar-refractivity contribution in [3.63, 3.8) is 0 Å². The molecule has 3 aromatic rings. The molecule has 0 aliphatic rings. The van der Waals surface area contributed by atoms with Gasteiger partial charge in [-0.15, -0.1) is 5.10 Å². The fraction of sp³-hybridized carbons (Fsp3) is 0.211. The van der Waals surface area contributed by atoms with Crippen molar-refractivity contribution in [2.24, 2.45) is 0 Å². The summed E-state index contributed by atoms with van der Waals surface area (Å²) in [6.07, 6.45) is 3.03. The predicted molar refractivity (Wildman–Crippen MR) is 97.9 cm³/mol. The van der Waals surface area contributed by atoms with Crippen LogP contribution in [-0.2, 0) is 16.1 Å². The van der Waals surface area contributed by atoms with Gasteiger partial charge in [0.05, 0.1) is 12.7 Å². The van der Waals surface area contributed by atoms with Crippen molar-refractivity contribution in [2.75, 3.05) is 0 Å². The lowest BCUT2D eigenvalue weighted by molar-refractivity contribution is -0.148. The summed E-state index contributed by atoms with van der Waals surface area (Å²) >= 11 is 3.45. The van der Waals surface area contributed by atoms with E-state index in [1.165, 1.54) is 6.92 Å². The molecule has 2 atom stereocenters. The lowest BCUT2D eigenvalue weighted by atomic mass is 9.89. The smallest absolute Gasteiger partial charge is 0.303 e. The Balaban J connectivity index is 2.01. The minimum Gasteiger partial charge on any atom is -0.457 e. The van der Waals surface area contributed by atoms with Gasteiger partial charge < -0.3 is 4.74 Å². The van der Waals surface area contributed by atoms with Crippen LogP contribution in [0.25, 0.3) is 0 Å². The highest BCUT2D eigenvalue weighted by atomic mass is 79.9. The Bertz CT molecular complexity index is 804. The lowest BCUT2D eigenvalue weighted by Gasteiger charge is -2.27. The molecule has 3 rings (SSSR count). The molecule has 0 saturated heterocycles. The molecule has 0 radical (unpaired) electrons. The summed E-state index contributed by atoms with van der Waals surface area (Å²) in [5, 5.41) is 7.94. The zero-order chi connectivity index (χ0) is 17.6. The zero-order valence-electron chi connectivity index (χ0n) is 13.7. The standard InChI is InChI=1S/C19H18BrN3O2/c1-14(24)25-19(16-7-9-17(20)10-8-16)18(13-23-12-11-21-22-23)15-5-3-2-4-6-15/h2-12,18-19H,13H2,1H3/t18-,19+/m1/s1. The molecule has 0 bridgehead atoms. The number of carbonyl (C=O) groups is 1. The summed E-state index contributed by atoms with van der Waals surface area (Å²) < 4.78 is 8.46. The molecule has 1 heterocycles. The Labute approximate surface area is 154 Å². The van der Waals surface area contributed by atoms with Crippen LogP contribution < -0.4 is 0 Å². The third-order valence-corrected chi connectivity index (χ3v) is 4.47. The molecular formula is C19H18BrN3O2. The molecule has 25 heavy (non-hydrogen) atoms. The molecule has 0 fully saturated rings. The molecule has 2 aromatic carbocycles. The van der Waals surface area contributed by atoms with Gasteiger partial charge >= 0.3 is 5.97 Å². The van der Waals surface area contributed by atoms with Crippen LogP contribution in [0.1, 0.15) is 30.1 Å². The minimum atomic E-state index is -0.419. The van der Waals surface area contributed by atoms with E-state index < -0.39 is 6.10 Å². The van der Waals surface area contributed by atoms with Crippen molar-refractivity contribution < 1.29 is 9.53 Å². The van der Waals surface area contributed by atoms with Crippen LogP contribution >= 0.6 is 15.9 Å². The number of esters is 1. The Kier molecular flexibility index (Phi) is 5.60. The van der Waals surface area contributed by atoms with E-state index in [2.05, 4.69) is 26.2 Å². The quantitative estimate of drug-likeness (QED) is 0.584. The molecule has 0 unspecified atom stereocenters. The fourth-order valence-electron chi connectivity index (χ4n) is 2.82. The third kappa shape index (κ3) is 4.54. The van der Waals surface area contributed by atoms with Gasteiger partial charge in [-0.3, -0.25) is 9.48 Å². The highest BCUT2D eigenvalue weighted by Gasteiger charge is 2.28. The molecule has 5 nitrogen and oxygen atoms in total. The topological polar surface area (TPSA) is 57.0 Å². The number of aromatic nitrogens is 3. The second-order valence-electron chi connectivity index (χ2n) is 5.72. The van der Waals surface area contributed by atoms with Crippen LogP contribution in [0.3, 0.4) is 0 Å². The Morgan fingerprint density at radius 3 is 2.44 bits per heavy atom. The normalized spacial score (nSPS) is 13.2. The number of ether oxygens (including phenoxy) is 1. The van der Waals surface area contributed by atoms with E-state index in [0.29, 0.717) is 6.54 Å². The first-order chi connectivity index (χ1) is 12.1. The maximum absolute atomic E-state index is 11.8. The first kappa shape index (κ1) is 17.4. The molecule has 0 N–H and O–H groups in total. The van der Waals surface area contributed by atoms with E-state index in [-0.39, 0.29) is 11.9 Å². The predicted octanol–water partition coefficient (Wildman–Crippen LogP) is 4.13. The molecule has 0 amide bonds. The van der Waals surface area contributed by atoms with Gasteiger partial charge in [-0.2, -0.15) is 0 Å². The van der Waals surface area contributed by atoms with Gasteiger partial charge in [0.1, 0.15) is 6.10 Å². The summed E-state index contributed by atoms with van der Waals surface area (Å²) in [6, 6.07) is 17.8. The van der Waals surface area contributed by atoms with E-state index in [1.54, 1.807) is 10.9 Å². The number of halogens is 1. The summed E-state index contributed by atoms with van der Waals surface area (Å²) in [6.45, 7) is 1.99. The van der Waals surface area contributed by atoms with E-state index in [1.807, 2.05) is 60.8 Å². The van der Waals surface area contributed by atoms with Crippen molar-refractivity contribution >= 4 is 21.9 Å². The van der Waals surface area contributed by atoms with Crippen LogP contribution in [0, 0.1) is 0 Å². The summed E-state index contributed by atoms with van der Waals surface area (Å²) in [4.78, 5) is 11.8. The summed E-state index contributed by atoms with van der Waals surface area (Å²) in [7, 11) is 0. The highest BCUT2D eigenvalue weighted by molar-refractivity contribution is 9.10. The molecule has 1 aromatic heterocycles. The van der Waals surface area contributed by atoms with E-state index in [4.69, 9.17) is 4.74 Å². The first-order valence-corrected chi connectivity index (χ1v) is 8.74. The molecule has 6 heteroatoms. The minimum absolute atomic E-state index is 0.0898. The lowest BCUT2D eigenvalue weighted by Crippen LogP contribution is -2.22. The number of hydrogen-bond acceptors (Lipinski definition) is 4. The van der Waals surface area contributed by atoms with Gasteiger partial charge in [-0.05, 0) is 23.3 Å². The number of carbonyl (C=O) groups excluding carboxylic acids is 1. The Morgan fingerprint density at radius 1 is 1.12 bits per heavy atom. The van der Waals surface area contributed by atoms with Crippen LogP contribution in [0.5, 0.6) is 0 Å². The maximum atomic E-state index is 11.8. The number of rotatable bonds is 6. The number of hydrogen-bond donors (Lipinski definition) is 0. The van der Waals surface area contributed by atoms with Crippen molar-refractivity contribution in [1.29, 1.82) is 0 Å². The largest absolute Gasteiger partial charge is 0.457 e. The SMILES string of the molecule is CC(=O)O[C@@H](c1ccc(Br)cc1)[C@H](Cn1ccnn1)c1ccccc1. The average molecular weight is 400 g/mol. The monoisotopic (exact) mass is 399 g/mol. The zero-order valence-corrected chi connectivity index (χ0v) is 15.3. The molecule has 128 valence electrons. The van der Waals surface area contributed by atoms with Gasteiger partial charge in [0.2, 0.25) is 0 Å². The molecule has 0 saturated carbocycles. The number of nitrogens with zero attached hydrogens (tertiary/aromatic N) is 3. The third-order valence-electron chi connectivity index (χ3n) is 3.94. The van der Waals surface area contributed by atoms with E-state index in [9.17, 15) is 4.79 Å². The first-order valence-electron chi connectivity index (χ1n) is 7.95. The fourth-order valence-corrected chi connectivity index (χ4v) is 3.09. The number of benzene rings is 2. The van der Waals surface area contributed by atoms with Gasteiger partial charge in [-0.25, -0.2) is 0 Å². The second kappa shape index (κ2) is 8.07. The van der Waals surface area contributed by atoms with Gasteiger partial charge in [0.25, 0.3) is 0 Å². The molecule has 0 aliphatic heterocycles. The van der Waals surface area contributed by atoms with E-state index >= 15 is 0 Å². The second-order valence-corrected chi connectivity index (χ2v) is 6.64. The van der Waals surface area contributed by atoms with Crippen LogP contribution in [-0.4, -0.2) is 21.0 Å². The van der Waals surface area contributed by atoms with Crippen molar-refractivity contribution in [2.45, 2.75) is 25.5 Å². The Hall–Kier alpha value is -2.47. The van der Waals surface area contributed by atoms with Gasteiger partial charge in [-0.1, -0.05) is 63.6 Å². The van der Waals surface area contributed by atoms with E-state index in [0.717, 1.165) is 15.6 Å². The van der Waals surface area contributed by atoms with Crippen LogP contribution in [0.15, 0.2) is 71.5 Å². The molecule has 0 spiro atoms. The van der Waals surface area contributed by atoms with Crippen molar-refractivity contribution in [3.8, 4) is 0 Å². The molecule has 0 aliphatic carbocycles. The van der Waals surface area contributed by atoms with Crippen molar-refractivity contribution in [3.05, 3.63) is 82.6 Å². The Morgan fingerprint density at radius 2 is 1.84 bits per heavy atom. The molecular weight excluding hydrogens is 382 g/mol. The van der Waals surface area contributed by atoms with Crippen LogP contribution in [0.2, 0.25) is 0 Å². The van der Waals surface area contributed by atoms with Gasteiger partial charge in [0, 0.05) is 23.5 Å². The average Bonchev–Trinajstić information content (AvgIpc) is 3.12. The van der Waals surface area contributed by atoms with Crippen molar-refractivity contribution in [1.82, 2.24) is 15.0 Å².